The zero-order valence-electron chi connectivity index (χ0n) is 14.8. The first kappa shape index (κ1) is 18.3. The number of benzene rings is 1. The quantitative estimate of drug-likeness (QED) is 0.748. The van der Waals surface area contributed by atoms with Crippen molar-refractivity contribution in [3.05, 3.63) is 53.4 Å². The smallest absolute Gasteiger partial charge is 0.206 e. The molecule has 4 rings (SSSR count). The maximum absolute atomic E-state index is 13.9. The molecule has 1 fully saturated rings. The number of anilines is 1. The van der Waals surface area contributed by atoms with Crippen molar-refractivity contribution in [1.29, 1.82) is 5.26 Å². The number of pyridine rings is 1. The lowest BCUT2D eigenvalue weighted by atomic mass is 10.1. The first-order chi connectivity index (χ1) is 13.5. The van der Waals surface area contributed by atoms with Gasteiger partial charge in [0, 0.05) is 25.2 Å². The lowest BCUT2D eigenvalue weighted by Gasteiger charge is -2.34. The van der Waals surface area contributed by atoms with Crippen LogP contribution in [0.1, 0.15) is 17.8 Å². The summed E-state index contributed by atoms with van der Waals surface area (Å²) >= 11 is 0. The van der Waals surface area contributed by atoms with E-state index in [9.17, 15) is 13.2 Å². The molecule has 2 N–H and O–H groups in total. The molecule has 6 nitrogen and oxygen atoms in total. The molecule has 0 amide bonds. The summed E-state index contributed by atoms with van der Waals surface area (Å²) in [4.78, 5) is 10.5. The monoisotopic (exact) mass is 386 g/mol. The minimum Gasteiger partial charge on any atom is -0.340 e. The predicted molar refractivity (Wildman–Crippen MR) is 97.4 cm³/mol. The lowest BCUT2D eigenvalue weighted by Crippen LogP contribution is -2.50. The third-order valence-corrected chi connectivity index (χ3v) is 4.86. The van der Waals surface area contributed by atoms with Gasteiger partial charge in [-0.2, -0.15) is 5.26 Å². The van der Waals surface area contributed by atoms with Crippen LogP contribution in [0.25, 0.3) is 11.0 Å². The van der Waals surface area contributed by atoms with Crippen molar-refractivity contribution in [2.75, 3.05) is 18.0 Å². The number of nitrogens with two attached hydrogens (primary N) is 1. The van der Waals surface area contributed by atoms with Gasteiger partial charge in [0.05, 0.1) is 29.3 Å². The van der Waals surface area contributed by atoms with Crippen molar-refractivity contribution < 1.29 is 13.2 Å². The van der Waals surface area contributed by atoms with Crippen LogP contribution in [-0.2, 0) is 6.54 Å². The Kier molecular flexibility index (Phi) is 4.65. The fourth-order valence-electron chi connectivity index (χ4n) is 3.43. The van der Waals surface area contributed by atoms with Gasteiger partial charge in [0.1, 0.15) is 17.9 Å². The van der Waals surface area contributed by atoms with Crippen molar-refractivity contribution in [3.8, 4) is 6.07 Å². The molecule has 1 saturated heterocycles. The highest BCUT2D eigenvalue weighted by Gasteiger charge is 2.29. The zero-order valence-corrected chi connectivity index (χ0v) is 14.8. The second-order valence-electron chi connectivity index (χ2n) is 6.79. The van der Waals surface area contributed by atoms with E-state index in [2.05, 4.69) is 9.97 Å². The number of aromatic nitrogens is 3. The summed E-state index contributed by atoms with van der Waals surface area (Å²) in [5, 5.41) is 9.06. The number of hydrogen-bond donors (Lipinski definition) is 1. The number of piperidine rings is 1. The molecule has 0 unspecified atom stereocenters. The first-order valence-electron chi connectivity index (χ1n) is 8.82. The Hall–Kier alpha value is -3.12. The summed E-state index contributed by atoms with van der Waals surface area (Å²) in [7, 11) is 0. The van der Waals surface area contributed by atoms with E-state index < -0.39 is 23.8 Å². The molecule has 0 saturated carbocycles. The number of alkyl halides is 1. The Morgan fingerprint density at radius 2 is 2.00 bits per heavy atom. The van der Waals surface area contributed by atoms with Crippen molar-refractivity contribution >= 4 is 17.0 Å². The van der Waals surface area contributed by atoms with Crippen LogP contribution in [0.15, 0.2) is 30.3 Å². The summed E-state index contributed by atoms with van der Waals surface area (Å²) in [5.74, 6) is -1.54. The van der Waals surface area contributed by atoms with E-state index in [-0.39, 0.29) is 30.7 Å². The van der Waals surface area contributed by atoms with E-state index in [4.69, 9.17) is 11.0 Å². The van der Waals surface area contributed by atoms with Gasteiger partial charge in [0.15, 0.2) is 11.6 Å². The number of halogens is 3. The Labute approximate surface area is 159 Å². The van der Waals surface area contributed by atoms with Crippen LogP contribution in [-0.4, -0.2) is 39.8 Å². The van der Waals surface area contributed by atoms with Gasteiger partial charge in [0.25, 0.3) is 0 Å². The SMILES string of the molecule is N#Cc1cccc(Cn2c(N3CC[C@@H](F)[C@H](N)C3)nc3cc(F)c(F)cc32)n1. The Morgan fingerprint density at radius 1 is 1.21 bits per heavy atom. The lowest BCUT2D eigenvalue weighted by molar-refractivity contribution is 0.243. The molecule has 28 heavy (non-hydrogen) atoms. The normalized spacial score (nSPS) is 19.8. The average molecular weight is 386 g/mol. The minimum atomic E-state index is -1.10. The largest absolute Gasteiger partial charge is 0.340 e. The topological polar surface area (TPSA) is 83.8 Å². The van der Waals surface area contributed by atoms with E-state index in [0.29, 0.717) is 23.7 Å². The van der Waals surface area contributed by atoms with Gasteiger partial charge in [-0.15, -0.1) is 0 Å². The van der Waals surface area contributed by atoms with Crippen LogP contribution in [0.4, 0.5) is 19.1 Å². The third kappa shape index (κ3) is 3.27. The average Bonchev–Trinajstić information content (AvgIpc) is 3.02. The maximum atomic E-state index is 13.9. The molecule has 3 heterocycles. The van der Waals surface area contributed by atoms with Gasteiger partial charge in [-0.3, -0.25) is 0 Å². The van der Waals surface area contributed by atoms with Crippen LogP contribution in [0.2, 0.25) is 0 Å². The van der Waals surface area contributed by atoms with Crippen LogP contribution in [0.5, 0.6) is 0 Å². The van der Waals surface area contributed by atoms with E-state index in [1.807, 2.05) is 11.0 Å². The van der Waals surface area contributed by atoms with Gasteiger partial charge >= 0.3 is 0 Å². The summed E-state index contributed by atoms with van der Waals surface area (Å²) < 4.78 is 43.1. The van der Waals surface area contributed by atoms with Gasteiger partial charge in [0.2, 0.25) is 5.95 Å². The highest BCUT2D eigenvalue weighted by atomic mass is 19.2. The fraction of sp³-hybridized carbons (Fsp3) is 0.316. The molecule has 1 aliphatic heterocycles. The Morgan fingerprint density at radius 3 is 2.75 bits per heavy atom. The number of imidazole rings is 1. The van der Waals surface area contributed by atoms with Gasteiger partial charge in [-0.25, -0.2) is 23.1 Å². The summed E-state index contributed by atoms with van der Waals surface area (Å²) in [6.07, 6.45) is -0.854. The highest BCUT2D eigenvalue weighted by Crippen LogP contribution is 2.28. The Bertz CT molecular complexity index is 1070. The fourth-order valence-corrected chi connectivity index (χ4v) is 3.43. The van der Waals surface area contributed by atoms with Gasteiger partial charge < -0.3 is 15.2 Å². The van der Waals surface area contributed by atoms with Crippen molar-refractivity contribution in [2.24, 2.45) is 5.73 Å². The number of nitrogens with zero attached hydrogens (tertiary/aromatic N) is 5. The van der Waals surface area contributed by atoms with Crippen LogP contribution >= 0.6 is 0 Å². The molecule has 144 valence electrons. The second kappa shape index (κ2) is 7.13. The van der Waals surface area contributed by atoms with Gasteiger partial charge in [-0.1, -0.05) is 6.07 Å². The van der Waals surface area contributed by atoms with Gasteiger partial charge in [-0.05, 0) is 18.6 Å². The van der Waals surface area contributed by atoms with Crippen LogP contribution < -0.4 is 10.6 Å². The minimum absolute atomic E-state index is 0.192. The zero-order chi connectivity index (χ0) is 19.8. The molecule has 0 radical (unpaired) electrons. The first-order valence-corrected chi connectivity index (χ1v) is 8.82. The molecule has 0 spiro atoms. The molecule has 2 atom stereocenters. The summed E-state index contributed by atoms with van der Waals surface area (Å²) in [6, 6.07) is 8.43. The predicted octanol–water partition coefficient (Wildman–Crippen LogP) is 2.50. The number of fused-ring (bicyclic) bond motifs is 1. The molecular weight excluding hydrogens is 369 g/mol. The molecule has 2 aromatic heterocycles. The molecule has 0 bridgehead atoms. The molecule has 1 aromatic carbocycles. The van der Waals surface area contributed by atoms with Crippen molar-refractivity contribution in [2.45, 2.75) is 25.2 Å². The molecule has 9 heteroatoms. The highest BCUT2D eigenvalue weighted by molar-refractivity contribution is 5.79. The molecular formula is C19H17F3N6. The maximum Gasteiger partial charge on any atom is 0.206 e. The van der Waals surface area contributed by atoms with E-state index in [1.54, 1.807) is 22.8 Å². The summed E-state index contributed by atoms with van der Waals surface area (Å²) in [5.41, 5.74) is 7.34. The number of nitriles is 1. The van der Waals surface area contributed by atoms with E-state index >= 15 is 0 Å². The number of rotatable bonds is 3. The third-order valence-electron chi connectivity index (χ3n) is 4.86. The molecule has 3 aromatic rings. The van der Waals surface area contributed by atoms with Crippen LogP contribution in [0, 0.1) is 23.0 Å². The summed E-state index contributed by atoms with van der Waals surface area (Å²) in [6.45, 7) is 0.813. The number of hydrogen-bond acceptors (Lipinski definition) is 5. The van der Waals surface area contributed by atoms with Crippen LogP contribution in [0.3, 0.4) is 0 Å². The Balaban J connectivity index is 1.81. The van der Waals surface area contributed by atoms with Crippen molar-refractivity contribution in [3.63, 3.8) is 0 Å². The standard InChI is InChI=1S/C19H17F3N6/c20-13-4-5-27(10-16(13)24)19-26-17-6-14(21)15(22)7-18(17)28(19)9-12-3-1-2-11(8-23)25-12/h1-3,6-7,13,16H,4-5,9-10,24H2/t13-,16-/m1/s1. The second-order valence-corrected chi connectivity index (χ2v) is 6.79. The van der Waals surface area contributed by atoms with E-state index in [0.717, 1.165) is 12.1 Å². The van der Waals surface area contributed by atoms with E-state index in [1.165, 1.54) is 0 Å². The molecule has 1 aliphatic rings. The van der Waals surface area contributed by atoms with Crippen molar-refractivity contribution in [1.82, 2.24) is 14.5 Å². The molecule has 0 aliphatic carbocycles.